The number of hydrogen-bond acceptors (Lipinski definition) is 5. The van der Waals surface area contributed by atoms with Crippen LogP contribution in [0.2, 0.25) is 0 Å². The van der Waals surface area contributed by atoms with Crippen molar-refractivity contribution in [1.82, 2.24) is 0 Å². The zero-order valence-corrected chi connectivity index (χ0v) is 42.6. The van der Waals surface area contributed by atoms with Gasteiger partial charge in [-0.25, -0.2) is 0 Å². The summed E-state index contributed by atoms with van der Waals surface area (Å²) in [7, 11) is 0. The molecule has 0 aromatic carbocycles. The minimum absolute atomic E-state index is 0.0591. The summed E-state index contributed by atoms with van der Waals surface area (Å²) >= 11 is 0. The molecule has 372 valence electrons. The maximum absolute atomic E-state index is 12.2. The molecule has 0 aliphatic carbocycles. The molecule has 0 heterocycles. The molecule has 5 heteroatoms. The minimum Gasteiger partial charge on any atom is -0.462 e. The zero-order chi connectivity index (χ0) is 45.6. The average molecular weight is 888 g/mol. The van der Waals surface area contributed by atoms with E-state index >= 15 is 0 Å². The highest BCUT2D eigenvalue weighted by Crippen LogP contribution is 2.18. The fourth-order valence-electron chi connectivity index (χ4n) is 8.71. The molecule has 0 radical (unpaired) electrons. The first kappa shape index (κ1) is 61.4. The van der Waals surface area contributed by atoms with Gasteiger partial charge >= 0.3 is 11.9 Å². The fraction of sp³-hybridized carbons (Fsp3) is 0.897. The Balaban J connectivity index is 3.30. The van der Waals surface area contributed by atoms with Gasteiger partial charge in [-0.15, -0.1) is 0 Å². The third-order valence-electron chi connectivity index (χ3n) is 13.0. The summed E-state index contributed by atoms with van der Waals surface area (Å²) in [6, 6.07) is 0. The van der Waals surface area contributed by atoms with Crippen molar-refractivity contribution in [2.45, 2.75) is 322 Å². The largest absolute Gasteiger partial charge is 0.462 e. The van der Waals surface area contributed by atoms with Gasteiger partial charge in [0, 0.05) is 12.8 Å². The standard InChI is InChI=1S/C58H110O5/c1-3-5-7-9-11-13-14-15-16-17-18-19-20-21-22-23-24-25-26-27-28-29-30-31-32-33-34-35-36-37-38-39-40-41-42-43-44-45-47-49-51-53-58(61)63-56(54-59)55-62-57(60)52-50-48-46-12-10-8-6-4-2/h14-15,17-18,56,59H,3-13,16,19-55H2,1-2H3/b15-14-,18-17-. The van der Waals surface area contributed by atoms with E-state index in [1.165, 1.54) is 244 Å². The topological polar surface area (TPSA) is 72.8 Å². The second-order valence-corrected chi connectivity index (χ2v) is 19.4. The van der Waals surface area contributed by atoms with Gasteiger partial charge in [0.25, 0.3) is 0 Å². The van der Waals surface area contributed by atoms with E-state index in [2.05, 4.69) is 38.2 Å². The van der Waals surface area contributed by atoms with E-state index in [0.29, 0.717) is 12.8 Å². The average Bonchev–Trinajstić information content (AvgIpc) is 3.29. The molecule has 1 atom stereocenters. The summed E-state index contributed by atoms with van der Waals surface area (Å²) in [5.41, 5.74) is 0. The van der Waals surface area contributed by atoms with Crippen molar-refractivity contribution in [2.24, 2.45) is 0 Å². The Labute approximate surface area is 394 Å². The van der Waals surface area contributed by atoms with E-state index in [1.54, 1.807) is 0 Å². The highest BCUT2D eigenvalue weighted by atomic mass is 16.6. The molecule has 0 saturated heterocycles. The van der Waals surface area contributed by atoms with Gasteiger partial charge in [0.05, 0.1) is 6.61 Å². The van der Waals surface area contributed by atoms with Crippen LogP contribution in [0.3, 0.4) is 0 Å². The van der Waals surface area contributed by atoms with Crippen LogP contribution in [0.4, 0.5) is 0 Å². The molecule has 0 rings (SSSR count). The number of hydrogen-bond donors (Lipinski definition) is 1. The summed E-state index contributed by atoms with van der Waals surface area (Å²) in [6.45, 7) is 4.12. The zero-order valence-electron chi connectivity index (χ0n) is 42.6. The molecule has 0 bridgehead atoms. The second-order valence-electron chi connectivity index (χ2n) is 19.4. The van der Waals surface area contributed by atoms with Crippen LogP contribution < -0.4 is 0 Å². The summed E-state index contributed by atoms with van der Waals surface area (Å²) < 4.78 is 10.6. The van der Waals surface area contributed by atoms with Crippen molar-refractivity contribution in [2.75, 3.05) is 13.2 Å². The lowest BCUT2D eigenvalue weighted by molar-refractivity contribution is -0.161. The Bertz CT molecular complexity index is 959. The molecule has 0 aromatic heterocycles. The van der Waals surface area contributed by atoms with Gasteiger partial charge in [0.2, 0.25) is 0 Å². The van der Waals surface area contributed by atoms with Crippen LogP contribution >= 0.6 is 0 Å². The van der Waals surface area contributed by atoms with Crippen molar-refractivity contribution in [3.05, 3.63) is 24.3 Å². The van der Waals surface area contributed by atoms with Crippen LogP contribution in [0.15, 0.2) is 24.3 Å². The maximum Gasteiger partial charge on any atom is 0.306 e. The Kier molecular flexibility index (Phi) is 53.3. The molecule has 0 aromatic rings. The Hall–Kier alpha value is -1.62. The molecular weight excluding hydrogens is 777 g/mol. The highest BCUT2D eigenvalue weighted by Gasteiger charge is 2.16. The number of carbonyl (C=O) groups is 2. The first-order valence-corrected chi connectivity index (χ1v) is 28.4. The van der Waals surface area contributed by atoms with E-state index < -0.39 is 6.10 Å². The molecule has 5 nitrogen and oxygen atoms in total. The maximum atomic E-state index is 12.2. The van der Waals surface area contributed by atoms with E-state index in [0.717, 1.165) is 44.9 Å². The van der Waals surface area contributed by atoms with E-state index in [9.17, 15) is 14.7 Å². The monoisotopic (exact) mass is 887 g/mol. The summed E-state index contributed by atoms with van der Waals surface area (Å²) in [6.07, 6.45) is 69.2. The van der Waals surface area contributed by atoms with E-state index in [-0.39, 0.29) is 25.2 Å². The smallest absolute Gasteiger partial charge is 0.306 e. The SMILES string of the molecule is CCCCCCC/C=C\C/C=C\CCCCCCCCCCCCCCCCCCCCCCCCCCCCCCCC(=O)OC(CO)COC(=O)CCCCCCCCCC. The first-order valence-electron chi connectivity index (χ1n) is 28.4. The molecule has 0 aliphatic heterocycles. The molecule has 0 aliphatic rings. The summed E-state index contributed by atoms with van der Waals surface area (Å²) in [4.78, 5) is 24.2. The van der Waals surface area contributed by atoms with E-state index in [4.69, 9.17) is 9.47 Å². The molecule has 0 fully saturated rings. The van der Waals surface area contributed by atoms with Crippen molar-refractivity contribution in [3.63, 3.8) is 0 Å². The van der Waals surface area contributed by atoms with Gasteiger partial charge in [-0.3, -0.25) is 9.59 Å². The predicted molar refractivity (Wildman–Crippen MR) is 275 cm³/mol. The van der Waals surface area contributed by atoms with Crippen LogP contribution in [0.5, 0.6) is 0 Å². The molecule has 0 spiro atoms. The number of esters is 2. The second kappa shape index (κ2) is 54.7. The number of unbranched alkanes of at least 4 members (excludes halogenated alkanes) is 41. The third kappa shape index (κ3) is 52.9. The Morgan fingerprint density at radius 3 is 0.937 bits per heavy atom. The van der Waals surface area contributed by atoms with Crippen LogP contribution in [0.1, 0.15) is 316 Å². The number of carbonyl (C=O) groups excluding carboxylic acids is 2. The molecule has 0 amide bonds. The lowest BCUT2D eigenvalue weighted by atomic mass is 10.0. The summed E-state index contributed by atoms with van der Waals surface area (Å²) in [5, 5.41) is 9.56. The van der Waals surface area contributed by atoms with Gasteiger partial charge in [-0.05, 0) is 44.9 Å². The molecule has 1 unspecified atom stereocenters. The number of allylic oxidation sites excluding steroid dienone is 4. The lowest BCUT2D eigenvalue weighted by Gasteiger charge is -2.15. The lowest BCUT2D eigenvalue weighted by Crippen LogP contribution is -2.28. The molecule has 0 saturated carbocycles. The van der Waals surface area contributed by atoms with Crippen LogP contribution in [-0.2, 0) is 19.1 Å². The molecule has 63 heavy (non-hydrogen) atoms. The minimum atomic E-state index is -0.763. The van der Waals surface area contributed by atoms with Crippen molar-refractivity contribution in [1.29, 1.82) is 0 Å². The quantitative estimate of drug-likeness (QED) is 0.0374. The van der Waals surface area contributed by atoms with Gasteiger partial charge in [0.1, 0.15) is 6.61 Å². The van der Waals surface area contributed by atoms with E-state index in [1.807, 2.05) is 0 Å². The third-order valence-corrected chi connectivity index (χ3v) is 13.0. The highest BCUT2D eigenvalue weighted by molar-refractivity contribution is 5.70. The molecule has 1 N–H and O–H groups in total. The Morgan fingerprint density at radius 1 is 0.365 bits per heavy atom. The van der Waals surface area contributed by atoms with Gasteiger partial charge < -0.3 is 14.6 Å². The number of ether oxygens (including phenoxy) is 2. The van der Waals surface area contributed by atoms with Crippen molar-refractivity contribution in [3.8, 4) is 0 Å². The van der Waals surface area contributed by atoms with Crippen LogP contribution in [0.25, 0.3) is 0 Å². The molecular formula is C58H110O5. The fourth-order valence-corrected chi connectivity index (χ4v) is 8.71. The number of aliphatic hydroxyl groups is 1. The number of aliphatic hydroxyl groups excluding tert-OH is 1. The van der Waals surface area contributed by atoms with Crippen LogP contribution in [0, 0.1) is 0 Å². The van der Waals surface area contributed by atoms with Crippen LogP contribution in [-0.4, -0.2) is 36.4 Å². The van der Waals surface area contributed by atoms with Crippen molar-refractivity contribution >= 4 is 11.9 Å². The first-order chi connectivity index (χ1) is 31.1. The predicted octanol–water partition coefficient (Wildman–Crippen LogP) is 18.9. The Morgan fingerprint density at radius 2 is 0.635 bits per heavy atom. The summed E-state index contributed by atoms with van der Waals surface area (Å²) in [5.74, 6) is -0.579. The number of rotatable bonds is 53. The van der Waals surface area contributed by atoms with Gasteiger partial charge in [0.15, 0.2) is 6.10 Å². The van der Waals surface area contributed by atoms with Crippen molar-refractivity contribution < 1.29 is 24.2 Å². The van der Waals surface area contributed by atoms with Gasteiger partial charge in [-0.1, -0.05) is 282 Å². The van der Waals surface area contributed by atoms with Gasteiger partial charge in [-0.2, -0.15) is 0 Å². The normalized spacial score (nSPS) is 12.2.